The minimum absolute atomic E-state index is 0.0288. The summed E-state index contributed by atoms with van der Waals surface area (Å²) < 4.78 is 35.8. The normalized spacial score (nSPS) is 21.2. The molecule has 2 aromatic heterocycles. The number of H-pyrrole nitrogens is 1. The number of carbonyl (C=O) groups excluding carboxylic acids is 1. The molecule has 5 aromatic rings. The molecule has 3 aromatic carbocycles. The first kappa shape index (κ1) is 46.2. The molecule has 2 saturated heterocycles. The SMILES string of the molecule is CC(C)(C)c1cc2cccnc2[nH]1.CCCN1CCO[C@@H]2c3cc(O)ccc3OC[C@H]21.CCCN1CCO[C@@H]2c3cc(OCCCCOc4ccc5c(c4)NC(=O)CC5)ccc3OC[C@H]21. The molecule has 13 heteroatoms. The van der Waals surface area contributed by atoms with E-state index >= 15 is 0 Å². The van der Waals surface area contributed by atoms with E-state index in [1.807, 2.05) is 48.7 Å². The molecule has 65 heavy (non-hydrogen) atoms. The summed E-state index contributed by atoms with van der Waals surface area (Å²) in [7, 11) is 0. The van der Waals surface area contributed by atoms with E-state index in [1.165, 1.54) is 16.6 Å². The van der Waals surface area contributed by atoms with E-state index in [2.05, 4.69) is 77.9 Å². The number of hydrogen-bond acceptors (Lipinski definition) is 11. The number of benzene rings is 3. The third-order valence-corrected chi connectivity index (χ3v) is 12.7. The number of nitrogens with zero attached hydrogens (tertiary/aromatic N) is 3. The number of phenolic OH excluding ortho intramolecular Hbond substituents is 1. The molecule has 348 valence electrons. The molecule has 0 bridgehead atoms. The largest absolute Gasteiger partial charge is 0.508 e. The molecule has 3 N–H and O–H groups in total. The van der Waals surface area contributed by atoms with Crippen LogP contribution >= 0.6 is 0 Å². The first-order valence-electron chi connectivity index (χ1n) is 23.6. The highest BCUT2D eigenvalue weighted by Gasteiger charge is 2.40. The molecular formula is C52H67N5O8. The number of ether oxygens (including phenoxy) is 6. The quantitative estimate of drug-likeness (QED) is 0.109. The van der Waals surface area contributed by atoms with Crippen molar-refractivity contribution in [1.82, 2.24) is 19.8 Å². The van der Waals surface area contributed by atoms with Crippen LogP contribution in [0.3, 0.4) is 0 Å². The number of anilines is 1. The van der Waals surface area contributed by atoms with E-state index in [4.69, 9.17) is 28.4 Å². The average molecular weight is 890 g/mol. The van der Waals surface area contributed by atoms with E-state index < -0.39 is 0 Å². The highest BCUT2D eigenvalue weighted by molar-refractivity contribution is 5.94. The number of carbonyl (C=O) groups is 1. The van der Waals surface area contributed by atoms with Gasteiger partial charge in [-0.2, -0.15) is 0 Å². The zero-order chi connectivity index (χ0) is 45.3. The topological polar surface area (TPSA) is 140 Å². The summed E-state index contributed by atoms with van der Waals surface area (Å²) in [6, 6.07) is 24.0. The number of phenols is 1. The lowest BCUT2D eigenvalue weighted by atomic mass is 9.92. The lowest BCUT2D eigenvalue weighted by molar-refractivity contribution is -0.116. The molecule has 0 aliphatic carbocycles. The standard InChI is InChI=1S/C27H34N2O5.C14H19NO3.C11H14N2/c1-2-11-29-12-15-33-27-22-16-20(8-9-25(22)34-18-24(27)29)31-13-3-4-14-32-21-7-5-19-6-10-26(30)28-23(19)17-21;1-2-5-15-6-7-17-14-11-8-10(16)3-4-13(11)18-9-12(14)15;1-11(2,3)9-7-8-5-4-6-12-10(8)13-9/h5,7-9,16-17,24,27H,2-4,6,10-15,18H2,1H3,(H,28,30);3-4,8,12,14,16H,2,5-7,9H2,1H3;4-7H,1-3H3,(H,12,13)/t24-,27-;12-,14-;/m11./s1. The van der Waals surface area contributed by atoms with E-state index in [9.17, 15) is 9.90 Å². The number of fused-ring (bicyclic) bond motifs is 8. The van der Waals surface area contributed by atoms with E-state index in [0.29, 0.717) is 32.8 Å². The molecule has 1 amide bonds. The molecule has 0 radical (unpaired) electrons. The average Bonchev–Trinajstić information content (AvgIpc) is 3.77. The predicted octanol–water partition coefficient (Wildman–Crippen LogP) is 9.15. The van der Waals surface area contributed by atoms with Gasteiger partial charge in [0.25, 0.3) is 0 Å². The summed E-state index contributed by atoms with van der Waals surface area (Å²) in [5.74, 6) is 3.73. The van der Waals surface area contributed by atoms with Gasteiger partial charge in [-0.05, 0) is 111 Å². The van der Waals surface area contributed by atoms with Crippen LogP contribution in [0.4, 0.5) is 5.69 Å². The van der Waals surface area contributed by atoms with Crippen LogP contribution in [-0.2, 0) is 26.1 Å². The maximum Gasteiger partial charge on any atom is 0.224 e. The molecule has 10 rings (SSSR count). The van der Waals surface area contributed by atoms with Crippen molar-refractivity contribution in [3.05, 3.63) is 101 Å². The van der Waals surface area contributed by atoms with Gasteiger partial charge < -0.3 is 43.8 Å². The number of aryl methyl sites for hydroxylation is 1. The Morgan fingerprint density at radius 3 is 2.02 bits per heavy atom. The molecular weight excluding hydrogens is 823 g/mol. The smallest absolute Gasteiger partial charge is 0.224 e. The summed E-state index contributed by atoms with van der Waals surface area (Å²) in [6.07, 6.45) is 7.27. The van der Waals surface area contributed by atoms with Gasteiger partial charge in [-0.25, -0.2) is 4.98 Å². The fourth-order valence-corrected chi connectivity index (χ4v) is 9.24. The van der Waals surface area contributed by atoms with Gasteiger partial charge in [0.05, 0.1) is 38.5 Å². The van der Waals surface area contributed by atoms with Crippen molar-refractivity contribution in [2.24, 2.45) is 0 Å². The molecule has 0 spiro atoms. The van der Waals surface area contributed by atoms with Crippen molar-refractivity contribution < 1.29 is 38.3 Å². The summed E-state index contributed by atoms with van der Waals surface area (Å²) >= 11 is 0. The van der Waals surface area contributed by atoms with Gasteiger partial charge in [0.2, 0.25) is 5.91 Å². The highest BCUT2D eigenvalue weighted by Crippen LogP contribution is 2.42. The zero-order valence-corrected chi connectivity index (χ0v) is 38.8. The fourth-order valence-electron chi connectivity index (χ4n) is 9.24. The second kappa shape index (κ2) is 21.3. The highest BCUT2D eigenvalue weighted by atomic mass is 16.5. The third-order valence-electron chi connectivity index (χ3n) is 12.7. The van der Waals surface area contributed by atoms with Crippen LogP contribution in [0.1, 0.15) is 101 Å². The molecule has 0 unspecified atom stereocenters. The van der Waals surface area contributed by atoms with Gasteiger partial charge in [-0.15, -0.1) is 0 Å². The van der Waals surface area contributed by atoms with Crippen molar-refractivity contribution in [3.8, 4) is 28.7 Å². The minimum Gasteiger partial charge on any atom is -0.508 e. The van der Waals surface area contributed by atoms with Gasteiger partial charge in [-0.1, -0.05) is 40.7 Å². The number of aromatic nitrogens is 2. The van der Waals surface area contributed by atoms with Crippen LogP contribution in [0.15, 0.2) is 79.0 Å². The van der Waals surface area contributed by atoms with E-state index in [-0.39, 0.29) is 41.4 Å². The number of amides is 1. The fraction of sp³-hybridized carbons (Fsp3) is 0.500. The lowest BCUT2D eigenvalue weighted by Gasteiger charge is -2.44. The summed E-state index contributed by atoms with van der Waals surface area (Å²) in [6.45, 7) is 19.1. The molecule has 5 aliphatic heterocycles. The number of pyridine rings is 1. The summed E-state index contributed by atoms with van der Waals surface area (Å²) in [5, 5.41) is 13.7. The number of aromatic amines is 1. The number of aromatic hydroxyl groups is 1. The Hall–Kier alpha value is -5.34. The van der Waals surface area contributed by atoms with Gasteiger partial charge >= 0.3 is 0 Å². The Bertz CT molecular complexity index is 2320. The number of rotatable bonds is 11. The Morgan fingerprint density at radius 2 is 1.38 bits per heavy atom. The zero-order valence-electron chi connectivity index (χ0n) is 38.8. The number of hydrogen-bond donors (Lipinski definition) is 3. The number of morpholine rings is 2. The molecule has 13 nitrogen and oxygen atoms in total. The molecule has 7 heterocycles. The Kier molecular flexibility index (Phi) is 15.1. The minimum atomic E-state index is 0.0288. The first-order valence-corrected chi connectivity index (χ1v) is 23.6. The second-order valence-corrected chi connectivity index (χ2v) is 18.5. The lowest BCUT2D eigenvalue weighted by Crippen LogP contribution is -2.52. The predicted molar refractivity (Wildman–Crippen MR) is 253 cm³/mol. The van der Waals surface area contributed by atoms with Crippen molar-refractivity contribution in [2.45, 2.75) is 103 Å². The van der Waals surface area contributed by atoms with Crippen LogP contribution in [0.2, 0.25) is 0 Å². The Labute approximate surface area is 383 Å². The number of unbranched alkanes of at least 4 members (excludes halogenated alkanes) is 1. The van der Waals surface area contributed by atoms with Crippen LogP contribution in [0, 0.1) is 0 Å². The van der Waals surface area contributed by atoms with Crippen molar-refractivity contribution in [2.75, 3.05) is 71.1 Å². The van der Waals surface area contributed by atoms with E-state index in [1.54, 1.807) is 12.1 Å². The second-order valence-electron chi connectivity index (χ2n) is 18.5. The number of nitrogens with one attached hydrogen (secondary N) is 2. The van der Waals surface area contributed by atoms with Gasteiger partial charge in [0, 0.05) is 65.1 Å². The van der Waals surface area contributed by atoms with Crippen LogP contribution in [0.5, 0.6) is 28.7 Å². The van der Waals surface area contributed by atoms with Crippen LogP contribution in [-0.4, -0.2) is 109 Å². The monoisotopic (exact) mass is 889 g/mol. The van der Waals surface area contributed by atoms with Crippen LogP contribution in [0.25, 0.3) is 11.0 Å². The molecule has 4 atom stereocenters. The summed E-state index contributed by atoms with van der Waals surface area (Å²) in [5.41, 5.74) is 6.49. The first-order chi connectivity index (χ1) is 31.6. The molecule has 2 fully saturated rings. The van der Waals surface area contributed by atoms with Crippen molar-refractivity contribution >= 4 is 22.6 Å². The van der Waals surface area contributed by atoms with E-state index in [0.717, 1.165) is 117 Å². The Balaban J connectivity index is 0.000000154. The van der Waals surface area contributed by atoms with Crippen LogP contribution < -0.4 is 24.3 Å². The maximum atomic E-state index is 11.6. The van der Waals surface area contributed by atoms with Gasteiger partial charge in [-0.3, -0.25) is 14.6 Å². The van der Waals surface area contributed by atoms with Gasteiger partial charge in [0.1, 0.15) is 59.8 Å². The Morgan fingerprint density at radius 1 is 0.769 bits per heavy atom. The maximum absolute atomic E-state index is 11.6. The molecule has 0 saturated carbocycles. The van der Waals surface area contributed by atoms with Gasteiger partial charge in [0.15, 0.2) is 0 Å². The third kappa shape index (κ3) is 11.4. The molecule has 5 aliphatic rings. The van der Waals surface area contributed by atoms with Crippen molar-refractivity contribution in [3.63, 3.8) is 0 Å². The summed E-state index contributed by atoms with van der Waals surface area (Å²) in [4.78, 5) is 24.1. The van der Waals surface area contributed by atoms with Crippen molar-refractivity contribution in [1.29, 1.82) is 0 Å².